The second-order valence-electron chi connectivity index (χ2n) is 11.2. The fraction of sp³-hybridized carbons (Fsp3) is 1.00. The fourth-order valence-electron chi connectivity index (χ4n) is 3.25. The summed E-state index contributed by atoms with van der Waals surface area (Å²) < 4.78 is 4.52. The third-order valence-electron chi connectivity index (χ3n) is 4.96. The molecule has 0 aromatic heterocycles. The topological polar surface area (TPSA) is 0 Å². The van der Waals surface area contributed by atoms with Gasteiger partial charge in [0.25, 0.3) is 0 Å². The molecule has 0 saturated heterocycles. The average molecular weight is 854 g/mol. The highest BCUT2D eigenvalue weighted by molar-refractivity contribution is 4.44. The van der Waals surface area contributed by atoms with E-state index in [2.05, 4.69) is 70.5 Å². The monoisotopic (exact) mass is 854 g/mol. The summed E-state index contributed by atoms with van der Waals surface area (Å²) >= 11 is 0. The van der Waals surface area contributed by atoms with Crippen molar-refractivity contribution in [1.29, 1.82) is 0 Å². The molecule has 0 N–H and O–H groups in total. The molecule has 0 atom stereocenters. The highest BCUT2D eigenvalue weighted by Crippen LogP contribution is 2.09. The van der Waals surface area contributed by atoms with Gasteiger partial charge < -0.3 is 114 Å². The van der Waals surface area contributed by atoms with E-state index in [-0.39, 0.29) is 95.9 Å². The van der Waals surface area contributed by atoms with E-state index < -0.39 is 0 Å². The van der Waals surface area contributed by atoms with E-state index in [1.54, 1.807) is 0 Å². The second kappa shape index (κ2) is 18.2. The van der Waals surface area contributed by atoms with Crippen LogP contribution in [0.1, 0.15) is 25.7 Å². The van der Waals surface area contributed by atoms with Gasteiger partial charge in [-0.25, -0.2) is 0 Å². The lowest BCUT2D eigenvalue weighted by molar-refractivity contribution is -0.906. The third-order valence-corrected chi connectivity index (χ3v) is 4.96. The van der Waals surface area contributed by atoms with Gasteiger partial charge in [0.2, 0.25) is 0 Å². The van der Waals surface area contributed by atoms with Crippen LogP contribution in [0.2, 0.25) is 0 Å². The molecule has 28 heavy (non-hydrogen) atoms. The molecule has 178 valence electrons. The summed E-state index contributed by atoms with van der Waals surface area (Å²) in [6, 6.07) is 0. The van der Waals surface area contributed by atoms with E-state index in [9.17, 15) is 0 Å². The predicted molar refractivity (Wildman–Crippen MR) is 108 cm³/mol. The van der Waals surface area contributed by atoms with E-state index in [1.807, 2.05) is 0 Å². The first-order valence-electron chi connectivity index (χ1n) is 9.87. The van der Waals surface area contributed by atoms with Crippen molar-refractivity contribution >= 4 is 0 Å². The Hall–Kier alpha value is 2.76. The van der Waals surface area contributed by atoms with Crippen LogP contribution in [0.4, 0.5) is 0 Å². The van der Waals surface area contributed by atoms with Crippen LogP contribution in [0, 0.1) is 0 Å². The Kier molecular flexibility index (Phi) is 26.7. The number of quaternary nitrogens is 4. The molecule has 0 aliphatic carbocycles. The van der Waals surface area contributed by atoms with Crippen molar-refractivity contribution in [3.8, 4) is 0 Å². The predicted octanol–water partition coefficient (Wildman–Crippen LogP) is -9.87. The Morgan fingerprint density at radius 3 is 0.750 bits per heavy atom. The smallest absolute Gasteiger partial charge is 0.0836 e. The Morgan fingerprint density at radius 1 is 0.321 bits per heavy atom. The molecule has 0 bridgehead atoms. The lowest BCUT2D eigenvalue weighted by atomic mass is 10.2. The zero-order valence-corrected chi connectivity index (χ0v) is 29.0. The number of nitrogens with zero attached hydrogens (tertiary/aromatic N) is 4. The molecule has 8 heteroatoms. The van der Waals surface area contributed by atoms with Crippen molar-refractivity contribution in [1.82, 2.24) is 0 Å². The maximum absolute atomic E-state index is 2.40. The summed E-state index contributed by atoms with van der Waals surface area (Å²) in [6.45, 7) is 7.79. The molecule has 0 aromatic carbocycles. The van der Waals surface area contributed by atoms with Crippen molar-refractivity contribution in [2.45, 2.75) is 25.7 Å². The van der Waals surface area contributed by atoms with Crippen molar-refractivity contribution in [3.63, 3.8) is 0 Å². The van der Waals surface area contributed by atoms with Crippen LogP contribution >= 0.6 is 0 Å². The van der Waals surface area contributed by atoms with Crippen LogP contribution in [-0.2, 0) is 0 Å². The molecular weight excluding hydrogens is 804 g/mol. The van der Waals surface area contributed by atoms with E-state index in [1.165, 1.54) is 73.9 Å². The van der Waals surface area contributed by atoms with Crippen LogP contribution in [-0.4, -0.2) is 128 Å². The van der Waals surface area contributed by atoms with E-state index in [0.717, 1.165) is 8.97 Å². The van der Waals surface area contributed by atoms with Crippen molar-refractivity contribution < 1.29 is 114 Å². The van der Waals surface area contributed by atoms with E-state index in [0.29, 0.717) is 0 Å². The summed E-state index contributed by atoms with van der Waals surface area (Å²) in [4.78, 5) is 0. The molecule has 0 heterocycles. The quantitative estimate of drug-likeness (QED) is 0.0984. The van der Waals surface area contributed by atoms with Gasteiger partial charge in [0.15, 0.2) is 0 Å². The van der Waals surface area contributed by atoms with E-state index in [4.69, 9.17) is 0 Å². The van der Waals surface area contributed by atoms with Crippen LogP contribution in [0.3, 0.4) is 0 Å². The Labute approximate surface area is 246 Å². The lowest BCUT2D eigenvalue weighted by Crippen LogP contribution is -3.00. The average Bonchev–Trinajstić information content (AvgIpc) is 2.31. The molecule has 0 amide bonds. The normalized spacial score (nSPS) is 12.2. The zero-order chi connectivity index (χ0) is 19.1. The minimum atomic E-state index is 0. The Bertz CT molecular complexity index is 317. The number of hydrogen-bond acceptors (Lipinski definition) is 0. The highest BCUT2D eigenvalue weighted by Gasteiger charge is 2.20. The standard InChI is InChI=1S/C20H50N4.4HI/c1-21(2,3)15-13-19-23(7,8)17-11-12-18-24(9,10)20-14-16-22(4,5)6;;;;/h11-20H2,1-10H3;4*1H/q+4;;;;/p-4. The van der Waals surface area contributed by atoms with Crippen LogP contribution < -0.4 is 95.9 Å². The van der Waals surface area contributed by atoms with E-state index >= 15 is 0 Å². The molecule has 0 unspecified atom stereocenters. The minimum absolute atomic E-state index is 0. The number of rotatable bonds is 13. The summed E-state index contributed by atoms with van der Waals surface area (Å²) in [6.07, 6.45) is 5.36. The summed E-state index contributed by atoms with van der Waals surface area (Å²) in [7, 11) is 23.3. The van der Waals surface area contributed by atoms with Gasteiger partial charge in [-0.3, -0.25) is 0 Å². The molecule has 0 saturated carbocycles. The van der Waals surface area contributed by atoms with Crippen molar-refractivity contribution in [3.05, 3.63) is 0 Å². The molecule has 0 rings (SSSR count). The fourth-order valence-corrected chi connectivity index (χ4v) is 3.25. The molecule has 0 radical (unpaired) electrons. The number of hydrogen-bond donors (Lipinski definition) is 0. The van der Waals surface area contributed by atoms with Gasteiger partial charge in [0, 0.05) is 25.7 Å². The summed E-state index contributed by atoms with van der Waals surface area (Å²) in [5, 5.41) is 0. The number of halogens is 4. The first kappa shape index (κ1) is 41.1. The third kappa shape index (κ3) is 28.8. The molecular formula is C20H50I4N4. The van der Waals surface area contributed by atoms with Crippen molar-refractivity contribution in [2.75, 3.05) is 110 Å². The summed E-state index contributed by atoms with van der Waals surface area (Å²) in [5.41, 5.74) is 0. The number of unbranched alkanes of at least 4 members (excludes halogenated alkanes) is 1. The van der Waals surface area contributed by atoms with Gasteiger partial charge in [-0.05, 0) is 0 Å². The Morgan fingerprint density at radius 2 is 0.536 bits per heavy atom. The maximum Gasteiger partial charge on any atom is 0.0836 e. The first-order valence-corrected chi connectivity index (χ1v) is 9.87. The highest BCUT2D eigenvalue weighted by atomic mass is 127. The second-order valence-corrected chi connectivity index (χ2v) is 11.2. The SMILES string of the molecule is C[N+](C)(C)CCC[N+](C)(C)CCCC[N+](C)(C)CCC[N+](C)(C)C.[I-].[I-].[I-].[I-]. The minimum Gasteiger partial charge on any atom is -1.00 e. The van der Waals surface area contributed by atoms with Crippen LogP contribution in [0.15, 0.2) is 0 Å². The zero-order valence-electron chi connectivity index (χ0n) is 20.4. The van der Waals surface area contributed by atoms with Crippen molar-refractivity contribution in [2.24, 2.45) is 0 Å². The molecule has 0 spiro atoms. The lowest BCUT2D eigenvalue weighted by Gasteiger charge is -2.33. The van der Waals surface area contributed by atoms with Gasteiger partial charge in [0.1, 0.15) is 0 Å². The molecule has 0 aliphatic rings. The molecule has 0 aliphatic heterocycles. The van der Waals surface area contributed by atoms with Crippen LogP contribution in [0.25, 0.3) is 0 Å². The summed E-state index contributed by atoms with van der Waals surface area (Å²) in [5.74, 6) is 0. The van der Waals surface area contributed by atoms with Gasteiger partial charge >= 0.3 is 0 Å². The molecule has 0 fully saturated rings. The molecule has 4 nitrogen and oxygen atoms in total. The van der Waals surface area contributed by atoms with Gasteiger partial charge in [-0.2, -0.15) is 0 Å². The van der Waals surface area contributed by atoms with Gasteiger partial charge in [-0.1, -0.05) is 0 Å². The maximum atomic E-state index is 2.40. The molecule has 0 aromatic rings. The van der Waals surface area contributed by atoms with Gasteiger partial charge in [-0.15, -0.1) is 0 Å². The first-order chi connectivity index (χ1) is 10.6. The Balaban J connectivity index is -0.000000441. The van der Waals surface area contributed by atoms with Crippen LogP contribution in [0.5, 0.6) is 0 Å². The van der Waals surface area contributed by atoms with Gasteiger partial charge in [0.05, 0.1) is 110 Å². The largest absolute Gasteiger partial charge is 1.00 e.